The van der Waals surface area contributed by atoms with Crippen LogP contribution in [0.15, 0.2) is 82.8 Å². The van der Waals surface area contributed by atoms with E-state index in [9.17, 15) is 18.0 Å². The summed E-state index contributed by atoms with van der Waals surface area (Å²) in [6.45, 7) is 0. The molecule has 2 N–H and O–H groups in total. The number of methoxy groups -OCH3 is 1. The topological polar surface area (TPSA) is 114 Å². The number of esters is 1. The smallest absolute Gasteiger partial charge is 0.337 e. The van der Waals surface area contributed by atoms with Crippen molar-refractivity contribution in [3.63, 3.8) is 0 Å². The SMILES string of the molecule is COC(=O)c1ccc(/C=N/NC(=O)c2ccc(NS(=O)(=O)c3ccc(Cl)cc3)cc2)cc1. The van der Waals surface area contributed by atoms with E-state index in [2.05, 4.69) is 20.0 Å². The maximum absolute atomic E-state index is 12.4. The lowest BCUT2D eigenvalue weighted by Crippen LogP contribution is -2.18. The van der Waals surface area contributed by atoms with Crippen LogP contribution in [0.4, 0.5) is 5.69 Å². The lowest BCUT2D eigenvalue weighted by atomic mass is 10.1. The van der Waals surface area contributed by atoms with Crippen LogP contribution in [0.25, 0.3) is 0 Å². The van der Waals surface area contributed by atoms with Crippen LogP contribution in [0.1, 0.15) is 26.3 Å². The van der Waals surface area contributed by atoms with Gasteiger partial charge in [-0.25, -0.2) is 18.6 Å². The molecule has 3 rings (SSSR count). The fourth-order valence-electron chi connectivity index (χ4n) is 2.57. The minimum Gasteiger partial charge on any atom is -0.465 e. The highest BCUT2D eigenvalue weighted by molar-refractivity contribution is 7.92. The van der Waals surface area contributed by atoms with Gasteiger partial charge in [-0.1, -0.05) is 23.7 Å². The number of rotatable bonds is 7. The van der Waals surface area contributed by atoms with Gasteiger partial charge in [-0.3, -0.25) is 9.52 Å². The first-order valence-corrected chi connectivity index (χ1v) is 11.0. The zero-order valence-corrected chi connectivity index (χ0v) is 18.4. The van der Waals surface area contributed by atoms with Gasteiger partial charge in [0.2, 0.25) is 0 Å². The van der Waals surface area contributed by atoms with Gasteiger partial charge in [0.25, 0.3) is 15.9 Å². The number of hydrazone groups is 1. The van der Waals surface area contributed by atoms with Gasteiger partial charge in [0, 0.05) is 16.3 Å². The number of amides is 1. The standard InChI is InChI=1S/C22H18ClN3O5S/c1-31-22(28)17-4-2-15(3-5-17)14-24-25-21(27)16-6-10-19(11-7-16)26-32(29,30)20-12-8-18(23)9-13-20/h2-14,26H,1H3,(H,25,27)/b24-14+. The number of hydrogen-bond acceptors (Lipinski definition) is 6. The maximum atomic E-state index is 12.4. The Bertz CT molecular complexity index is 1240. The predicted molar refractivity (Wildman–Crippen MR) is 122 cm³/mol. The summed E-state index contributed by atoms with van der Waals surface area (Å²) in [5.41, 5.74) is 4.04. The minimum absolute atomic E-state index is 0.0673. The molecule has 0 aromatic heterocycles. The molecule has 8 nitrogen and oxygen atoms in total. The van der Waals surface area contributed by atoms with Crippen molar-refractivity contribution in [2.45, 2.75) is 4.90 Å². The average molecular weight is 472 g/mol. The monoisotopic (exact) mass is 471 g/mol. The summed E-state index contributed by atoms with van der Waals surface area (Å²) in [5.74, 6) is -0.916. The third-order valence-corrected chi connectivity index (χ3v) is 5.88. The average Bonchev–Trinajstić information content (AvgIpc) is 2.79. The Morgan fingerprint density at radius 3 is 2.09 bits per heavy atom. The number of ether oxygens (including phenoxy) is 1. The zero-order chi connectivity index (χ0) is 23.1. The number of carbonyl (C=O) groups excluding carboxylic acids is 2. The van der Waals surface area contributed by atoms with Gasteiger partial charge < -0.3 is 4.74 Å². The van der Waals surface area contributed by atoms with E-state index in [1.807, 2.05) is 0 Å². The van der Waals surface area contributed by atoms with E-state index in [1.54, 1.807) is 24.3 Å². The van der Waals surface area contributed by atoms with E-state index >= 15 is 0 Å². The highest BCUT2D eigenvalue weighted by Gasteiger charge is 2.14. The van der Waals surface area contributed by atoms with Gasteiger partial charge in [0.1, 0.15) is 0 Å². The molecule has 0 fully saturated rings. The largest absolute Gasteiger partial charge is 0.465 e. The fourth-order valence-corrected chi connectivity index (χ4v) is 3.76. The van der Waals surface area contributed by atoms with Gasteiger partial charge in [-0.05, 0) is 66.2 Å². The number of anilines is 1. The lowest BCUT2D eigenvalue weighted by Gasteiger charge is -2.08. The third-order valence-electron chi connectivity index (χ3n) is 4.23. The first-order valence-electron chi connectivity index (χ1n) is 9.19. The Morgan fingerprint density at radius 2 is 1.50 bits per heavy atom. The van der Waals surface area contributed by atoms with Crippen LogP contribution in [0.2, 0.25) is 5.02 Å². The highest BCUT2D eigenvalue weighted by atomic mass is 35.5. The molecular weight excluding hydrogens is 454 g/mol. The number of nitrogens with zero attached hydrogens (tertiary/aromatic N) is 1. The molecule has 0 spiro atoms. The molecule has 0 bridgehead atoms. The molecule has 0 saturated carbocycles. The molecule has 0 aliphatic carbocycles. The van der Waals surface area contributed by atoms with E-state index < -0.39 is 21.9 Å². The van der Waals surface area contributed by atoms with Crippen molar-refractivity contribution in [3.05, 3.63) is 94.5 Å². The van der Waals surface area contributed by atoms with E-state index in [0.29, 0.717) is 21.8 Å². The van der Waals surface area contributed by atoms with Crippen molar-refractivity contribution < 1.29 is 22.7 Å². The van der Waals surface area contributed by atoms with Crippen molar-refractivity contribution in [3.8, 4) is 0 Å². The minimum atomic E-state index is -3.78. The van der Waals surface area contributed by atoms with Gasteiger partial charge >= 0.3 is 5.97 Å². The molecule has 0 unspecified atom stereocenters. The number of benzene rings is 3. The van der Waals surface area contributed by atoms with Crippen LogP contribution in [0, 0.1) is 0 Å². The summed E-state index contributed by atoms with van der Waals surface area (Å²) >= 11 is 5.78. The van der Waals surface area contributed by atoms with Gasteiger partial charge in [0.05, 0.1) is 23.8 Å². The number of sulfonamides is 1. The fraction of sp³-hybridized carbons (Fsp3) is 0.0455. The lowest BCUT2D eigenvalue weighted by molar-refractivity contribution is 0.0600. The highest BCUT2D eigenvalue weighted by Crippen LogP contribution is 2.18. The Morgan fingerprint density at radius 1 is 0.906 bits per heavy atom. The van der Waals surface area contributed by atoms with Crippen LogP contribution in [0.3, 0.4) is 0 Å². The Balaban J connectivity index is 1.59. The number of carbonyl (C=O) groups is 2. The zero-order valence-electron chi connectivity index (χ0n) is 16.8. The van der Waals surface area contributed by atoms with Crippen molar-refractivity contribution in [1.82, 2.24) is 5.43 Å². The number of hydrogen-bond donors (Lipinski definition) is 2. The summed E-state index contributed by atoms with van der Waals surface area (Å²) in [4.78, 5) is 23.7. The molecule has 1 amide bonds. The Labute approximate surface area is 189 Å². The van der Waals surface area contributed by atoms with E-state index in [-0.39, 0.29) is 10.5 Å². The number of halogens is 1. The van der Waals surface area contributed by atoms with E-state index in [1.165, 1.54) is 61.9 Å². The van der Waals surface area contributed by atoms with E-state index in [0.717, 1.165) is 0 Å². The molecule has 0 aliphatic rings. The summed E-state index contributed by atoms with van der Waals surface area (Å²) in [6.07, 6.45) is 1.42. The van der Waals surface area contributed by atoms with Crippen LogP contribution in [0.5, 0.6) is 0 Å². The molecule has 164 valence electrons. The van der Waals surface area contributed by atoms with Gasteiger partial charge in [-0.2, -0.15) is 5.10 Å². The quantitative estimate of drug-likeness (QED) is 0.310. The first kappa shape index (κ1) is 23.0. The van der Waals surface area contributed by atoms with Crippen LogP contribution >= 0.6 is 11.6 Å². The second kappa shape index (κ2) is 10.1. The summed E-state index contributed by atoms with van der Waals surface area (Å²) in [7, 11) is -2.48. The van der Waals surface area contributed by atoms with Crippen molar-refractivity contribution in [2.75, 3.05) is 11.8 Å². The predicted octanol–water partition coefficient (Wildman–Crippen LogP) is 3.69. The van der Waals surface area contributed by atoms with Crippen LogP contribution in [-0.4, -0.2) is 33.6 Å². The molecule has 3 aromatic rings. The molecular formula is C22H18ClN3O5S. The Kier molecular flexibility index (Phi) is 7.24. The molecule has 0 saturated heterocycles. The first-order chi connectivity index (χ1) is 15.3. The molecule has 0 heterocycles. The van der Waals surface area contributed by atoms with Crippen molar-refractivity contribution in [2.24, 2.45) is 5.10 Å². The van der Waals surface area contributed by atoms with Crippen molar-refractivity contribution >= 4 is 45.4 Å². The molecule has 0 radical (unpaired) electrons. The van der Waals surface area contributed by atoms with Crippen LogP contribution < -0.4 is 10.1 Å². The van der Waals surface area contributed by atoms with E-state index in [4.69, 9.17) is 11.6 Å². The molecule has 0 atom stereocenters. The second-order valence-electron chi connectivity index (χ2n) is 6.45. The Hall–Kier alpha value is -3.69. The normalized spacial score (nSPS) is 11.2. The van der Waals surface area contributed by atoms with Crippen LogP contribution in [-0.2, 0) is 14.8 Å². The molecule has 0 aliphatic heterocycles. The molecule has 10 heteroatoms. The third kappa shape index (κ3) is 5.93. The van der Waals surface area contributed by atoms with Gasteiger partial charge in [-0.15, -0.1) is 0 Å². The second-order valence-corrected chi connectivity index (χ2v) is 8.57. The summed E-state index contributed by atoms with van der Waals surface area (Å²) < 4.78 is 31.9. The number of nitrogens with one attached hydrogen (secondary N) is 2. The van der Waals surface area contributed by atoms with Crippen molar-refractivity contribution in [1.29, 1.82) is 0 Å². The van der Waals surface area contributed by atoms with Gasteiger partial charge in [0.15, 0.2) is 0 Å². The maximum Gasteiger partial charge on any atom is 0.337 e. The molecule has 3 aromatic carbocycles. The summed E-state index contributed by atoms with van der Waals surface area (Å²) in [5, 5.41) is 4.31. The molecule has 32 heavy (non-hydrogen) atoms. The summed E-state index contributed by atoms with van der Waals surface area (Å²) in [6, 6.07) is 18.1.